The third-order valence-corrected chi connectivity index (χ3v) is 4.31. The van der Waals surface area contributed by atoms with Crippen LogP contribution in [-0.4, -0.2) is 53.9 Å². The fraction of sp³-hybridized carbons (Fsp3) is 0.529. The summed E-state index contributed by atoms with van der Waals surface area (Å²) < 4.78 is 5.35. The van der Waals surface area contributed by atoms with Gasteiger partial charge in [-0.15, -0.1) is 11.6 Å². The second-order valence-corrected chi connectivity index (χ2v) is 5.97. The van der Waals surface area contributed by atoms with Crippen molar-refractivity contribution in [1.82, 2.24) is 9.80 Å². The molecule has 6 heteroatoms. The highest BCUT2D eigenvalue weighted by Gasteiger charge is 2.29. The van der Waals surface area contributed by atoms with E-state index in [0.717, 1.165) is 12.0 Å². The zero-order chi connectivity index (χ0) is 16.7. The van der Waals surface area contributed by atoms with E-state index in [1.807, 2.05) is 37.3 Å². The Morgan fingerprint density at radius 1 is 1.35 bits per heavy atom. The minimum absolute atomic E-state index is 0.00336. The Bertz CT molecular complexity index is 524. The van der Waals surface area contributed by atoms with Crippen LogP contribution in [0.5, 0.6) is 0 Å². The highest BCUT2D eigenvalue weighted by molar-refractivity contribution is 6.27. The molecule has 0 saturated carbocycles. The van der Waals surface area contributed by atoms with E-state index < -0.39 is 0 Å². The van der Waals surface area contributed by atoms with Gasteiger partial charge in [-0.2, -0.15) is 0 Å². The van der Waals surface area contributed by atoms with Crippen LogP contribution < -0.4 is 0 Å². The molecule has 1 aromatic rings. The number of carbonyl (C=O) groups is 2. The van der Waals surface area contributed by atoms with Crippen LogP contribution in [0.15, 0.2) is 30.3 Å². The van der Waals surface area contributed by atoms with Crippen molar-refractivity contribution in [2.24, 2.45) is 5.92 Å². The number of amides is 2. The molecule has 1 fully saturated rings. The van der Waals surface area contributed by atoms with Gasteiger partial charge in [0.2, 0.25) is 5.91 Å². The van der Waals surface area contributed by atoms with E-state index in [0.29, 0.717) is 26.2 Å². The summed E-state index contributed by atoms with van der Waals surface area (Å²) in [6.45, 7) is 4.80. The van der Waals surface area contributed by atoms with Gasteiger partial charge in [0.15, 0.2) is 0 Å². The SMILES string of the molecule is CCN(CC1CCN(C(=O)OCc2ccccc2)C1)C(=O)CCl. The summed E-state index contributed by atoms with van der Waals surface area (Å²) in [4.78, 5) is 27.3. The minimum atomic E-state index is -0.289. The number of hydrogen-bond acceptors (Lipinski definition) is 3. The first-order valence-electron chi connectivity index (χ1n) is 7.93. The van der Waals surface area contributed by atoms with Crippen LogP contribution in [0.3, 0.4) is 0 Å². The monoisotopic (exact) mass is 338 g/mol. The number of nitrogens with zero attached hydrogens (tertiary/aromatic N) is 2. The van der Waals surface area contributed by atoms with E-state index in [2.05, 4.69) is 0 Å². The van der Waals surface area contributed by atoms with Crippen molar-refractivity contribution in [3.05, 3.63) is 35.9 Å². The van der Waals surface area contributed by atoms with Gasteiger partial charge in [-0.05, 0) is 24.8 Å². The first-order chi connectivity index (χ1) is 11.1. The van der Waals surface area contributed by atoms with Crippen molar-refractivity contribution in [2.75, 3.05) is 32.1 Å². The van der Waals surface area contributed by atoms with Crippen LogP contribution in [0.25, 0.3) is 0 Å². The molecule has 1 saturated heterocycles. The fourth-order valence-electron chi connectivity index (χ4n) is 2.76. The fourth-order valence-corrected chi connectivity index (χ4v) is 2.93. The van der Waals surface area contributed by atoms with E-state index in [4.69, 9.17) is 16.3 Å². The van der Waals surface area contributed by atoms with Crippen LogP contribution in [0.2, 0.25) is 0 Å². The lowest BCUT2D eigenvalue weighted by Gasteiger charge is -2.23. The molecule has 126 valence electrons. The molecule has 23 heavy (non-hydrogen) atoms. The first kappa shape index (κ1) is 17.6. The quantitative estimate of drug-likeness (QED) is 0.749. The normalized spacial score (nSPS) is 17.1. The van der Waals surface area contributed by atoms with Gasteiger partial charge in [-0.25, -0.2) is 4.79 Å². The average molecular weight is 339 g/mol. The standard InChI is InChI=1S/C17H23ClN2O3/c1-2-19(16(21)10-18)11-15-8-9-20(12-15)17(22)23-13-14-6-4-3-5-7-14/h3-7,15H,2,8-13H2,1H3. The average Bonchev–Trinajstić information content (AvgIpc) is 3.06. The van der Waals surface area contributed by atoms with E-state index in [1.165, 1.54) is 0 Å². The molecule has 1 unspecified atom stereocenters. The number of likely N-dealkylation sites (tertiary alicyclic amines) is 1. The Morgan fingerprint density at radius 3 is 2.74 bits per heavy atom. The molecule has 5 nitrogen and oxygen atoms in total. The zero-order valence-electron chi connectivity index (χ0n) is 13.4. The summed E-state index contributed by atoms with van der Waals surface area (Å²) in [6.07, 6.45) is 0.593. The molecule has 1 aromatic carbocycles. The highest BCUT2D eigenvalue weighted by atomic mass is 35.5. The molecule has 0 N–H and O–H groups in total. The predicted molar refractivity (Wildman–Crippen MR) is 89.3 cm³/mol. The summed E-state index contributed by atoms with van der Waals surface area (Å²) in [6, 6.07) is 9.62. The summed E-state index contributed by atoms with van der Waals surface area (Å²) >= 11 is 5.61. The summed E-state index contributed by atoms with van der Waals surface area (Å²) in [5, 5.41) is 0. The van der Waals surface area contributed by atoms with Gasteiger partial charge in [-0.1, -0.05) is 30.3 Å². The maximum Gasteiger partial charge on any atom is 0.410 e. The Labute approximate surface area is 142 Å². The number of rotatable bonds is 6. The first-order valence-corrected chi connectivity index (χ1v) is 8.46. The van der Waals surface area contributed by atoms with Gasteiger partial charge in [-0.3, -0.25) is 4.79 Å². The molecule has 0 spiro atoms. The van der Waals surface area contributed by atoms with Crippen LogP contribution >= 0.6 is 11.6 Å². The molecule has 0 bridgehead atoms. The lowest BCUT2D eigenvalue weighted by atomic mass is 10.1. The Balaban J connectivity index is 1.77. The number of ether oxygens (including phenoxy) is 1. The summed E-state index contributed by atoms with van der Waals surface area (Å²) in [7, 11) is 0. The van der Waals surface area contributed by atoms with Gasteiger partial charge in [0.1, 0.15) is 12.5 Å². The zero-order valence-corrected chi connectivity index (χ0v) is 14.2. The number of carbonyl (C=O) groups excluding carboxylic acids is 2. The molecule has 1 aliphatic rings. The molecule has 0 radical (unpaired) electrons. The number of benzene rings is 1. The van der Waals surface area contributed by atoms with Gasteiger partial charge in [0.05, 0.1) is 0 Å². The lowest BCUT2D eigenvalue weighted by molar-refractivity contribution is -0.128. The lowest BCUT2D eigenvalue weighted by Crippen LogP contribution is -2.37. The Kier molecular flexibility index (Phi) is 6.71. The third kappa shape index (κ3) is 5.13. The minimum Gasteiger partial charge on any atom is -0.445 e. The summed E-state index contributed by atoms with van der Waals surface area (Å²) in [5.41, 5.74) is 0.974. The van der Waals surface area contributed by atoms with Crippen LogP contribution in [0.1, 0.15) is 18.9 Å². The molecule has 2 amide bonds. The molecule has 2 rings (SSSR count). The van der Waals surface area contributed by atoms with E-state index in [-0.39, 0.29) is 30.4 Å². The maximum absolute atomic E-state index is 12.1. The van der Waals surface area contributed by atoms with E-state index in [1.54, 1.807) is 9.80 Å². The molecule has 0 aromatic heterocycles. The molecule has 1 aliphatic heterocycles. The van der Waals surface area contributed by atoms with Crippen molar-refractivity contribution < 1.29 is 14.3 Å². The van der Waals surface area contributed by atoms with Crippen molar-refractivity contribution in [1.29, 1.82) is 0 Å². The largest absolute Gasteiger partial charge is 0.445 e. The van der Waals surface area contributed by atoms with E-state index >= 15 is 0 Å². The summed E-state index contributed by atoms with van der Waals surface area (Å²) in [5.74, 6) is 0.231. The molecule has 1 atom stereocenters. The van der Waals surface area contributed by atoms with Gasteiger partial charge in [0.25, 0.3) is 0 Å². The Hall–Kier alpha value is -1.75. The van der Waals surface area contributed by atoms with Crippen LogP contribution in [-0.2, 0) is 16.1 Å². The van der Waals surface area contributed by atoms with Crippen molar-refractivity contribution in [3.8, 4) is 0 Å². The molecule has 0 aliphatic carbocycles. The smallest absolute Gasteiger partial charge is 0.410 e. The number of halogens is 1. The number of alkyl halides is 1. The molecular formula is C17H23ClN2O3. The van der Waals surface area contributed by atoms with Crippen LogP contribution in [0, 0.1) is 5.92 Å². The topological polar surface area (TPSA) is 49.9 Å². The van der Waals surface area contributed by atoms with Crippen molar-refractivity contribution >= 4 is 23.6 Å². The second kappa shape index (κ2) is 8.77. The van der Waals surface area contributed by atoms with E-state index in [9.17, 15) is 9.59 Å². The van der Waals surface area contributed by atoms with Crippen molar-refractivity contribution in [2.45, 2.75) is 20.0 Å². The van der Waals surface area contributed by atoms with Gasteiger partial charge < -0.3 is 14.5 Å². The predicted octanol–water partition coefficient (Wildman–Crippen LogP) is 2.73. The van der Waals surface area contributed by atoms with Gasteiger partial charge >= 0.3 is 6.09 Å². The van der Waals surface area contributed by atoms with Crippen LogP contribution in [0.4, 0.5) is 4.79 Å². The second-order valence-electron chi connectivity index (χ2n) is 5.71. The maximum atomic E-state index is 12.1. The highest BCUT2D eigenvalue weighted by Crippen LogP contribution is 2.19. The molecule has 1 heterocycles. The third-order valence-electron chi connectivity index (χ3n) is 4.08. The van der Waals surface area contributed by atoms with Gasteiger partial charge in [0, 0.05) is 26.2 Å². The van der Waals surface area contributed by atoms with Crippen molar-refractivity contribution in [3.63, 3.8) is 0 Å². The Morgan fingerprint density at radius 2 is 2.09 bits per heavy atom. The number of hydrogen-bond donors (Lipinski definition) is 0. The molecular weight excluding hydrogens is 316 g/mol.